The van der Waals surface area contributed by atoms with Gasteiger partial charge in [0.25, 0.3) is 0 Å². The number of alkyl halides is 2. The van der Waals surface area contributed by atoms with Gasteiger partial charge in [0.2, 0.25) is 0 Å². The van der Waals surface area contributed by atoms with E-state index >= 15 is 0 Å². The highest BCUT2D eigenvalue weighted by Gasteiger charge is 2.34. The van der Waals surface area contributed by atoms with E-state index in [1.165, 1.54) is 18.1 Å². The molecule has 0 heterocycles. The summed E-state index contributed by atoms with van der Waals surface area (Å²) in [4.78, 5) is 0. The van der Waals surface area contributed by atoms with E-state index in [-0.39, 0.29) is 0 Å². The van der Waals surface area contributed by atoms with E-state index in [1.54, 1.807) is 0 Å². The molecule has 0 bridgehead atoms. The van der Waals surface area contributed by atoms with Gasteiger partial charge in [-0.1, -0.05) is 20.8 Å². The van der Waals surface area contributed by atoms with Crippen LogP contribution in [0.2, 0.25) is 30.2 Å². The molecule has 3 nitrogen and oxygen atoms in total. The molecule has 0 aromatic rings. The molecule has 0 aliphatic rings. The van der Waals surface area contributed by atoms with Gasteiger partial charge >= 0.3 is 8.56 Å². The normalized spacial score (nSPS) is 12.0. The molecule has 0 aliphatic carbocycles. The number of hydrogen-bond donors (Lipinski definition) is 0. The molecular formula is C18H42Cl2O3Si2. The Bertz CT molecular complexity index is 275. The van der Waals surface area contributed by atoms with Crippen molar-refractivity contribution >= 4 is 40.1 Å². The summed E-state index contributed by atoms with van der Waals surface area (Å²) >= 11 is 11.4. The molecule has 0 fully saturated rings. The molecule has 0 amide bonds. The SMILES string of the molecule is CCO[Si](CC)(CC)CCCCl.CCO[Si](CC)(CCCCl)OCC. The molecule has 25 heavy (non-hydrogen) atoms. The van der Waals surface area contributed by atoms with Crippen LogP contribution in [0.15, 0.2) is 0 Å². The maximum atomic E-state index is 5.91. The molecule has 0 radical (unpaired) electrons. The lowest BCUT2D eigenvalue weighted by molar-refractivity contribution is 0.183. The van der Waals surface area contributed by atoms with E-state index in [0.29, 0.717) is 5.88 Å². The van der Waals surface area contributed by atoms with Gasteiger partial charge in [-0.15, -0.1) is 23.2 Å². The van der Waals surface area contributed by atoms with Crippen molar-refractivity contribution in [3.05, 3.63) is 0 Å². The van der Waals surface area contributed by atoms with Crippen molar-refractivity contribution in [3.8, 4) is 0 Å². The van der Waals surface area contributed by atoms with Crippen LogP contribution < -0.4 is 0 Å². The van der Waals surface area contributed by atoms with Gasteiger partial charge in [-0.05, 0) is 63.8 Å². The highest BCUT2D eigenvalue weighted by atomic mass is 35.5. The number of halogens is 2. The van der Waals surface area contributed by atoms with Crippen LogP contribution in [0.3, 0.4) is 0 Å². The van der Waals surface area contributed by atoms with Crippen molar-refractivity contribution in [1.29, 1.82) is 0 Å². The minimum absolute atomic E-state index is 0.703. The molecule has 0 aromatic heterocycles. The lowest BCUT2D eigenvalue weighted by Crippen LogP contribution is -2.41. The molecule has 154 valence electrons. The van der Waals surface area contributed by atoms with Crippen molar-refractivity contribution in [2.45, 2.75) is 84.6 Å². The minimum atomic E-state index is -1.87. The molecule has 0 saturated carbocycles. The molecule has 0 aromatic carbocycles. The molecule has 0 aliphatic heterocycles. The van der Waals surface area contributed by atoms with Crippen molar-refractivity contribution in [2.24, 2.45) is 0 Å². The van der Waals surface area contributed by atoms with Crippen LogP contribution >= 0.6 is 23.2 Å². The van der Waals surface area contributed by atoms with Gasteiger partial charge in [-0.2, -0.15) is 0 Å². The van der Waals surface area contributed by atoms with Crippen LogP contribution in [0.25, 0.3) is 0 Å². The molecule has 0 N–H and O–H groups in total. The molecule has 7 heteroatoms. The third-order valence-electron chi connectivity index (χ3n) is 4.55. The van der Waals surface area contributed by atoms with Gasteiger partial charge in [-0.25, -0.2) is 0 Å². The number of hydrogen-bond acceptors (Lipinski definition) is 3. The average molecular weight is 434 g/mol. The summed E-state index contributed by atoms with van der Waals surface area (Å²) in [5.41, 5.74) is 0. The zero-order valence-corrected chi connectivity index (χ0v) is 21.0. The first-order chi connectivity index (χ1) is 12.0. The minimum Gasteiger partial charge on any atom is -0.417 e. The van der Waals surface area contributed by atoms with E-state index in [2.05, 4.69) is 27.7 Å². The maximum absolute atomic E-state index is 5.91. The van der Waals surface area contributed by atoms with E-state index in [0.717, 1.165) is 50.6 Å². The average Bonchev–Trinajstić information content (AvgIpc) is 2.64. The number of rotatable bonds is 15. The molecule has 0 rings (SSSR count). The zero-order valence-electron chi connectivity index (χ0n) is 17.5. The molecule has 0 unspecified atom stereocenters. The van der Waals surface area contributed by atoms with Crippen LogP contribution in [0, 0.1) is 0 Å². The van der Waals surface area contributed by atoms with Crippen LogP contribution in [-0.2, 0) is 13.3 Å². The summed E-state index contributed by atoms with van der Waals surface area (Å²) in [7, 11) is -3.22. The first-order valence-electron chi connectivity index (χ1n) is 10.0. The third kappa shape index (κ3) is 12.8. The highest BCUT2D eigenvalue weighted by molar-refractivity contribution is 6.73. The summed E-state index contributed by atoms with van der Waals surface area (Å²) in [5.74, 6) is 1.48. The van der Waals surface area contributed by atoms with Gasteiger partial charge in [0.1, 0.15) is 0 Å². The van der Waals surface area contributed by atoms with Crippen LogP contribution in [0.5, 0.6) is 0 Å². The second-order valence-corrected chi connectivity index (χ2v) is 15.0. The van der Waals surface area contributed by atoms with Crippen LogP contribution in [0.1, 0.15) is 54.4 Å². The summed E-state index contributed by atoms with van der Waals surface area (Å²) in [6, 6.07) is 5.74. The fourth-order valence-electron chi connectivity index (χ4n) is 3.00. The van der Waals surface area contributed by atoms with Gasteiger partial charge in [-0.3, -0.25) is 0 Å². The summed E-state index contributed by atoms with van der Waals surface area (Å²) in [6.45, 7) is 15.2. The van der Waals surface area contributed by atoms with Crippen molar-refractivity contribution in [3.63, 3.8) is 0 Å². The van der Waals surface area contributed by atoms with Crippen molar-refractivity contribution in [2.75, 3.05) is 31.6 Å². The Morgan fingerprint density at radius 1 is 0.600 bits per heavy atom. The standard InChI is InChI=1S/C9H21ClO2Si.C9H21ClOSi/c1-4-11-13(6-3,12-5-2)9-7-8-10;1-4-11-12(5-2,6-3)9-7-8-10/h4-9H2,1-3H3;4-9H2,1-3H3. The first-order valence-corrected chi connectivity index (χ1v) is 15.9. The van der Waals surface area contributed by atoms with Gasteiger partial charge < -0.3 is 13.3 Å². The zero-order chi connectivity index (χ0) is 19.6. The summed E-state index contributed by atoms with van der Waals surface area (Å²) in [6.07, 6.45) is 2.12. The van der Waals surface area contributed by atoms with Gasteiger partial charge in [0, 0.05) is 31.6 Å². The lowest BCUT2D eigenvalue weighted by Gasteiger charge is -2.28. The largest absolute Gasteiger partial charge is 0.417 e. The lowest BCUT2D eigenvalue weighted by atomic mass is 10.6. The molecule has 0 atom stereocenters. The first kappa shape index (κ1) is 28.1. The second-order valence-electron chi connectivity index (χ2n) is 6.04. The summed E-state index contributed by atoms with van der Waals surface area (Å²) in [5, 5.41) is 0. The second kappa shape index (κ2) is 18.3. The van der Waals surface area contributed by atoms with Gasteiger partial charge in [0.15, 0.2) is 8.32 Å². The molecular weight excluding hydrogens is 391 g/mol. The van der Waals surface area contributed by atoms with Gasteiger partial charge in [0.05, 0.1) is 0 Å². The van der Waals surface area contributed by atoms with Crippen molar-refractivity contribution in [1.82, 2.24) is 0 Å². The van der Waals surface area contributed by atoms with E-state index in [9.17, 15) is 0 Å². The topological polar surface area (TPSA) is 27.7 Å². The Kier molecular flexibility index (Phi) is 20.5. The Balaban J connectivity index is 0. The molecule has 0 spiro atoms. The van der Waals surface area contributed by atoms with E-state index < -0.39 is 16.9 Å². The smallest absolute Gasteiger partial charge is 0.337 e. The quantitative estimate of drug-likeness (QED) is 0.210. The monoisotopic (exact) mass is 432 g/mol. The van der Waals surface area contributed by atoms with Crippen LogP contribution in [0.4, 0.5) is 0 Å². The van der Waals surface area contributed by atoms with E-state index in [4.69, 9.17) is 36.5 Å². The Morgan fingerprint density at radius 2 is 1.04 bits per heavy atom. The Labute approximate surface area is 169 Å². The molecule has 0 saturated heterocycles. The Hall–Kier alpha value is 0.894. The van der Waals surface area contributed by atoms with Crippen LogP contribution in [-0.4, -0.2) is 48.5 Å². The predicted octanol–water partition coefficient (Wildman–Crippen LogP) is 6.79. The fraction of sp³-hybridized carbons (Fsp3) is 1.00. The Morgan fingerprint density at radius 3 is 1.36 bits per heavy atom. The van der Waals surface area contributed by atoms with E-state index in [1.807, 2.05) is 13.8 Å². The fourth-order valence-corrected chi connectivity index (χ4v) is 9.81. The highest BCUT2D eigenvalue weighted by Crippen LogP contribution is 2.24. The summed E-state index contributed by atoms with van der Waals surface area (Å²) < 4.78 is 17.5. The predicted molar refractivity (Wildman–Crippen MR) is 118 cm³/mol. The van der Waals surface area contributed by atoms with Crippen molar-refractivity contribution < 1.29 is 13.3 Å². The maximum Gasteiger partial charge on any atom is 0.337 e. The third-order valence-corrected chi connectivity index (χ3v) is 13.6.